The highest BCUT2D eigenvalue weighted by molar-refractivity contribution is 6.06. The molecule has 1 aromatic rings. The van der Waals surface area contributed by atoms with Crippen LogP contribution in [0.5, 0.6) is 11.5 Å². The standard InChI is InChI=1S/C16H20N4O4/c1-23-14-5-4-13(8-15(14)24-2)19-16(22)12(9-18)10-20(11-21)7-3-6-17/h4-5,8,10-11H,3,6-7,17H2,1-2H3,(H,19,22)/b12-10-. The van der Waals surface area contributed by atoms with Crippen LogP contribution in [0.3, 0.4) is 0 Å². The first-order valence-electron chi connectivity index (χ1n) is 7.16. The van der Waals surface area contributed by atoms with Crippen molar-refractivity contribution in [1.29, 1.82) is 5.26 Å². The summed E-state index contributed by atoms with van der Waals surface area (Å²) in [7, 11) is 2.98. The molecule has 24 heavy (non-hydrogen) atoms. The molecule has 0 saturated carbocycles. The number of nitrogens with zero attached hydrogens (tertiary/aromatic N) is 2. The van der Waals surface area contributed by atoms with Gasteiger partial charge in [0.25, 0.3) is 5.91 Å². The lowest BCUT2D eigenvalue weighted by atomic mass is 10.2. The number of carbonyl (C=O) groups excluding carboxylic acids is 2. The molecule has 3 N–H and O–H groups in total. The van der Waals surface area contributed by atoms with Crippen LogP contribution in [-0.4, -0.2) is 44.5 Å². The van der Waals surface area contributed by atoms with E-state index in [1.165, 1.54) is 25.3 Å². The number of anilines is 1. The molecule has 1 aromatic carbocycles. The van der Waals surface area contributed by atoms with E-state index in [2.05, 4.69) is 5.32 Å². The molecule has 0 aromatic heterocycles. The minimum Gasteiger partial charge on any atom is -0.493 e. The van der Waals surface area contributed by atoms with Crippen LogP contribution in [0.4, 0.5) is 5.69 Å². The third-order valence-electron chi connectivity index (χ3n) is 3.06. The summed E-state index contributed by atoms with van der Waals surface area (Å²) in [4.78, 5) is 24.4. The lowest BCUT2D eigenvalue weighted by molar-refractivity contribution is -0.116. The lowest BCUT2D eigenvalue weighted by Crippen LogP contribution is -2.22. The van der Waals surface area contributed by atoms with Gasteiger partial charge in [0.1, 0.15) is 11.6 Å². The lowest BCUT2D eigenvalue weighted by Gasteiger charge is -2.13. The van der Waals surface area contributed by atoms with Crippen molar-refractivity contribution in [3.8, 4) is 17.6 Å². The first kappa shape index (κ1) is 19.0. The molecule has 8 nitrogen and oxygen atoms in total. The molecule has 0 aliphatic rings. The van der Waals surface area contributed by atoms with Gasteiger partial charge in [-0.2, -0.15) is 5.26 Å². The first-order valence-corrected chi connectivity index (χ1v) is 7.16. The van der Waals surface area contributed by atoms with E-state index < -0.39 is 5.91 Å². The SMILES string of the molecule is COc1ccc(NC(=O)/C(C#N)=C\N(C=O)CCCN)cc1OC. The van der Waals surface area contributed by atoms with Crippen LogP contribution in [0.15, 0.2) is 30.0 Å². The van der Waals surface area contributed by atoms with Gasteiger partial charge >= 0.3 is 0 Å². The third-order valence-corrected chi connectivity index (χ3v) is 3.06. The maximum absolute atomic E-state index is 12.2. The molecular weight excluding hydrogens is 312 g/mol. The van der Waals surface area contributed by atoms with Crippen LogP contribution >= 0.6 is 0 Å². The zero-order chi connectivity index (χ0) is 17.9. The molecule has 128 valence electrons. The molecule has 2 amide bonds. The minimum atomic E-state index is -0.635. The smallest absolute Gasteiger partial charge is 0.267 e. The van der Waals surface area contributed by atoms with Crippen LogP contribution in [0.2, 0.25) is 0 Å². The summed E-state index contributed by atoms with van der Waals surface area (Å²) in [5, 5.41) is 11.7. The Morgan fingerprint density at radius 2 is 2.08 bits per heavy atom. The Morgan fingerprint density at radius 3 is 2.62 bits per heavy atom. The monoisotopic (exact) mass is 332 g/mol. The average molecular weight is 332 g/mol. The fourth-order valence-electron chi connectivity index (χ4n) is 1.84. The number of amides is 2. The van der Waals surface area contributed by atoms with Crippen molar-refractivity contribution in [3.05, 3.63) is 30.0 Å². The number of carbonyl (C=O) groups is 2. The van der Waals surface area contributed by atoms with E-state index in [0.717, 1.165) is 0 Å². The Bertz CT molecular complexity index is 652. The van der Waals surface area contributed by atoms with Crippen molar-refractivity contribution in [2.45, 2.75) is 6.42 Å². The normalized spacial score (nSPS) is 10.5. The maximum Gasteiger partial charge on any atom is 0.267 e. The third kappa shape index (κ3) is 5.30. The van der Waals surface area contributed by atoms with Crippen molar-refractivity contribution in [3.63, 3.8) is 0 Å². The summed E-state index contributed by atoms with van der Waals surface area (Å²) in [5.41, 5.74) is 5.61. The highest BCUT2D eigenvalue weighted by atomic mass is 16.5. The van der Waals surface area contributed by atoms with Crippen LogP contribution in [0, 0.1) is 11.3 Å². The molecule has 0 radical (unpaired) electrons. The maximum atomic E-state index is 12.2. The van der Waals surface area contributed by atoms with Gasteiger partial charge in [0, 0.05) is 24.5 Å². The number of methoxy groups -OCH3 is 2. The second-order valence-corrected chi connectivity index (χ2v) is 4.66. The number of ether oxygens (including phenoxy) is 2. The Hall–Kier alpha value is -3.05. The van der Waals surface area contributed by atoms with Gasteiger partial charge in [0.15, 0.2) is 11.5 Å². The second kappa shape index (κ2) is 9.86. The number of hydrogen-bond donors (Lipinski definition) is 2. The highest BCUT2D eigenvalue weighted by Gasteiger charge is 2.13. The number of rotatable bonds is 9. The topological polar surface area (TPSA) is 118 Å². The van der Waals surface area contributed by atoms with E-state index in [1.54, 1.807) is 24.3 Å². The predicted octanol–water partition coefficient (Wildman–Crippen LogP) is 0.857. The van der Waals surface area contributed by atoms with E-state index >= 15 is 0 Å². The predicted molar refractivity (Wildman–Crippen MR) is 88.3 cm³/mol. The largest absolute Gasteiger partial charge is 0.493 e. The number of nitrogens with one attached hydrogen (secondary N) is 1. The van der Waals surface area contributed by atoms with Gasteiger partial charge in [-0.25, -0.2) is 0 Å². The molecule has 0 bridgehead atoms. The summed E-state index contributed by atoms with van der Waals surface area (Å²) >= 11 is 0. The summed E-state index contributed by atoms with van der Waals surface area (Å²) in [6, 6.07) is 6.58. The molecule has 0 heterocycles. The Labute approximate surface area is 140 Å². The molecule has 0 aliphatic heterocycles. The van der Waals surface area contributed by atoms with Crippen molar-refractivity contribution in [2.24, 2.45) is 5.73 Å². The summed E-state index contributed by atoms with van der Waals surface area (Å²) < 4.78 is 10.3. The molecule has 1 rings (SSSR count). The quantitative estimate of drug-likeness (QED) is 0.393. The van der Waals surface area contributed by atoms with Gasteiger partial charge in [-0.3, -0.25) is 9.59 Å². The summed E-state index contributed by atoms with van der Waals surface area (Å²) in [5.74, 6) is 0.319. The summed E-state index contributed by atoms with van der Waals surface area (Å²) in [6.45, 7) is 0.729. The van der Waals surface area contributed by atoms with Gasteiger partial charge in [-0.1, -0.05) is 0 Å². The van der Waals surface area contributed by atoms with Crippen LogP contribution in [0.25, 0.3) is 0 Å². The van der Waals surface area contributed by atoms with E-state index in [4.69, 9.17) is 20.5 Å². The van der Waals surface area contributed by atoms with E-state index in [0.29, 0.717) is 43.1 Å². The van der Waals surface area contributed by atoms with Gasteiger partial charge < -0.3 is 25.4 Å². The van der Waals surface area contributed by atoms with Crippen molar-refractivity contribution >= 4 is 18.0 Å². The zero-order valence-corrected chi connectivity index (χ0v) is 13.6. The summed E-state index contributed by atoms with van der Waals surface area (Å²) in [6.07, 6.45) is 2.29. The molecule has 0 unspecified atom stereocenters. The average Bonchev–Trinajstić information content (AvgIpc) is 2.61. The Balaban J connectivity index is 2.91. The zero-order valence-electron chi connectivity index (χ0n) is 13.6. The van der Waals surface area contributed by atoms with Gasteiger partial charge in [-0.05, 0) is 25.1 Å². The van der Waals surface area contributed by atoms with E-state index in [-0.39, 0.29) is 5.57 Å². The fourth-order valence-corrected chi connectivity index (χ4v) is 1.84. The molecular formula is C16H20N4O4. The molecule has 0 saturated heterocycles. The van der Waals surface area contributed by atoms with Crippen LogP contribution in [-0.2, 0) is 9.59 Å². The number of hydrogen-bond acceptors (Lipinski definition) is 6. The first-order chi connectivity index (χ1) is 11.6. The van der Waals surface area contributed by atoms with Crippen molar-refractivity contribution in [2.75, 3.05) is 32.6 Å². The van der Waals surface area contributed by atoms with Gasteiger partial charge in [-0.15, -0.1) is 0 Å². The minimum absolute atomic E-state index is 0.200. The molecule has 0 atom stereocenters. The van der Waals surface area contributed by atoms with Gasteiger partial charge in [0.2, 0.25) is 6.41 Å². The highest BCUT2D eigenvalue weighted by Crippen LogP contribution is 2.29. The number of benzene rings is 1. The van der Waals surface area contributed by atoms with E-state index in [1.807, 2.05) is 0 Å². The fraction of sp³-hybridized carbons (Fsp3) is 0.312. The van der Waals surface area contributed by atoms with Crippen LogP contribution in [0.1, 0.15) is 6.42 Å². The molecule has 0 fully saturated rings. The van der Waals surface area contributed by atoms with Crippen molar-refractivity contribution in [1.82, 2.24) is 4.90 Å². The number of nitrogens with two attached hydrogens (primary N) is 1. The Morgan fingerprint density at radius 1 is 1.38 bits per heavy atom. The number of nitriles is 1. The van der Waals surface area contributed by atoms with Crippen LogP contribution < -0.4 is 20.5 Å². The second-order valence-electron chi connectivity index (χ2n) is 4.66. The van der Waals surface area contributed by atoms with Crippen molar-refractivity contribution < 1.29 is 19.1 Å². The molecule has 8 heteroatoms. The van der Waals surface area contributed by atoms with Gasteiger partial charge in [0.05, 0.1) is 14.2 Å². The molecule has 0 spiro atoms. The van der Waals surface area contributed by atoms with E-state index in [9.17, 15) is 9.59 Å². The molecule has 0 aliphatic carbocycles. The Kier molecular flexibility index (Phi) is 7.81.